The van der Waals surface area contributed by atoms with Crippen LogP contribution >= 0.6 is 24.8 Å². The van der Waals surface area contributed by atoms with Gasteiger partial charge in [0.15, 0.2) is 0 Å². The third kappa shape index (κ3) is 6.93. The number of carbonyl (C=O) groups is 1. The van der Waals surface area contributed by atoms with Gasteiger partial charge < -0.3 is 10.6 Å². The van der Waals surface area contributed by atoms with Gasteiger partial charge in [-0.05, 0) is 35.7 Å². The Bertz CT molecular complexity index is 712. The van der Waals surface area contributed by atoms with E-state index in [1.165, 1.54) is 16.3 Å². The van der Waals surface area contributed by atoms with Crippen LogP contribution in [0.2, 0.25) is 0 Å². The summed E-state index contributed by atoms with van der Waals surface area (Å²) in [5.41, 5.74) is 6.88. The molecule has 1 fully saturated rings. The number of piperazine rings is 1. The first-order valence-electron chi connectivity index (χ1n) is 9.95. The van der Waals surface area contributed by atoms with Gasteiger partial charge in [-0.15, -0.1) is 24.8 Å². The highest BCUT2D eigenvalue weighted by atomic mass is 35.5. The molecular formula is C22H33Cl2N3O. The van der Waals surface area contributed by atoms with E-state index in [1.807, 2.05) is 4.90 Å². The smallest absolute Gasteiger partial charge is 0.222 e. The number of hydrogen-bond acceptors (Lipinski definition) is 3. The molecule has 1 amide bonds. The second-order valence-corrected chi connectivity index (χ2v) is 7.25. The van der Waals surface area contributed by atoms with Crippen molar-refractivity contribution in [2.45, 2.75) is 38.6 Å². The van der Waals surface area contributed by atoms with Crippen molar-refractivity contribution in [1.82, 2.24) is 9.80 Å². The predicted octanol–water partition coefficient (Wildman–Crippen LogP) is 4.24. The van der Waals surface area contributed by atoms with Crippen LogP contribution in [0.3, 0.4) is 0 Å². The molecule has 1 aliphatic rings. The molecule has 3 rings (SSSR count). The minimum atomic E-state index is 0. The normalized spacial score (nSPS) is 14.4. The third-order valence-corrected chi connectivity index (χ3v) is 5.34. The highest BCUT2D eigenvalue weighted by molar-refractivity contribution is 5.86. The predicted molar refractivity (Wildman–Crippen MR) is 122 cm³/mol. The van der Waals surface area contributed by atoms with Crippen molar-refractivity contribution in [3.05, 3.63) is 48.0 Å². The maximum absolute atomic E-state index is 12.4. The first-order chi connectivity index (χ1) is 12.8. The molecule has 0 unspecified atom stereocenters. The molecule has 28 heavy (non-hydrogen) atoms. The van der Waals surface area contributed by atoms with E-state index >= 15 is 0 Å². The summed E-state index contributed by atoms with van der Waals surface area (Å²) in [7, 11) is 0. The summed E-state index contributed by atoms with van der Waals surface area (Å²) in [6.45, 7) is 5.35. The zero-order chi connectivity index (χ0) is 18.2. The Morgan fingerprint density at radius 2 is 1.54 bits per heavy atom. The minimum absolute atomic E-state index is 0. The number of rotatable bonds is 8. The summed E-state index contributed by atoms with van der Waals surface area (Å²) in [6.07, 6.45) is 5.01. The van der Waals surface area contributed by atoms with Crippen LogP contribution in [0.1, 0.15) is 37.7 Å². The summed E-state index contributed by atoms with van der Waals surface area (Å²) >= 11 is 0. The lowest BCUT2D eigenvalue weighted by molar-refractivity contribution is -0.133. The molecule has 0 radical (unpaired) electrons. The van der Waals surface area contributed by atoms with Crippen molar-refractivity contribution in [3.8, 4) is 0 Å². The number of halogens is 2. The number of carbonyl (C=O) groups excluding carboxylic acids is 1. The molecule has 0 saturated carbocycles. The molecule has 0 spiro atoms. The van der Waals surface area contributed by atoms with Gasteiger partial charge in [-0.25, -0.2) is 0 Å². The second-order valence-electron chi connectivity index (χ2n) is 7.25. The van der Waals surface area contributed by atoms with Crippen molar-refractivity contribution in [1.29, 1.82) is 0 Å². The molecule has 0 aliphatic carbocycles. The van der Waals surface area contributed by atoms with Gasteiger partial charge >= 0.3 is 0 Å². The molecule has 0 atom stereocenters. The Labute approximate surface area is 181 Å². The van der Waals surface area contributed by atoms with E-state index in [4.69, 9.17) is 5.73 Å². The Morgan fingerprint density at radius 3 is 2.29 bits per heavy atom. The standard InChI is InChI=1S/C22H31N3O.2ClH/c23-13-6-2-1-3-12-22(26)25-16-14-24(15-17-25)18-20-10-7-9-19-8-4-5-11-21(19)20;;/h4-5,7-11H,1-3,6,12-18,23H2;2*1H. The lowest BCUT2D eigenvalue weighted by atomic mass is 10.0. The average Bonchev–Trinajstić information content (AvgIpc) is 2.68. The van der Waals surface area contributed by atoms with Gasteiger partial charge in [-0.3, -0.25) is 9.69 Å². The molecule has 0 aromatic heterocycles. The molecule has 2 aromatic carbocycles. The van der Waals surface area contributed by atoms with Gasteiger partial charge in [-0.1, -0.05) is 55.3 Å². The quantitative estimate of drug-likeness (QED) is 0.643. The van der Waals surface area contributed by atoms with Crippen molar-refractivity contribution in [2.24, 2.45) is 5.73 Å². The highest BCUT2D eigenvalue weighted by Crippen LogP contribution is 2.20. The van der Waals surface area contributed by atoms with E-state index in [9.17, 15) is 4.79 Å². The topological polar surface area (TPSA) is 49.6 Å². The molecule has 6 heteroatoms. The maximum Gasteiger partial charge on any atom is 0.222 e. The Kier molecular flexibility index (Phi) is 11.5. The minimum Gasteiger partial charge on any atom is -0.340 e. The van der Waals surface area contributed by atoms with Gasteiger partial charge in [0.1, 0.15) is 0 Å². The van der Waals surface area contributed by atoms with Crippen LogP contribution in [0.5, 0.6) is 0 Å². The summed E-state index contributed by atoms with van der Waals surface area (Å²) in [4.78, 5) is 16.9. The van der Waals surface area contributed by atoms with Crippen LogP contribution < -0.4 is 5.73 Å². The fraction of sp³-hybridized carbons (Fsp3) is 0.500. The first kappa shape index (κ1) is 24.7. The summed E-state index contributed by atoms with van der Waals surface area (Å²) in [5.74, 6) is 0.322. The fourth-order valence-electron chi connectivity index (χ4n) is 3.76. The molecule has 2 N–H and O–H groups in total. The molecule has 0 bridgehead atoms. The Hall–Kier alpha value is -1.33. The highest BCUT2D eigenvalue weighted by Gasteiger charge is 2.21. The lowest BCUT2D eigenvalue weighted by Crippen LogP contribution is -2.48. The summed E-state index contributed by atoms with van der Waals surface area (Å²) in [6, 6.07) is 15.1. The molecular weight excluding hydrogens is 393 g/mol. The first-order valence-corrected chi connectivity index (χ1v) is 9.95. The van der Waals surface area contributed by atoms with Crippen LogP contribution in [0.25, 0.3) is 10.8 Å². The van der Waals surface area contributed by atoms with Crippen molar-refractivity contribution >= 4 is 41.5 Å². The number of fused-ring (bicyclic) bond motifs is 1. The number of benzene rings is 2. The summed E-state index contributed by atoms with van der Waals surface area (Å²) in [5, 5.41) is 2.64. The summed E-state index contributed by atoms with van der Waals surface area (Å²) < 4.78 is 0. The van der Waals surface area contributed by atoms with E-state index in [0.717, 1.165) is 65.0 Å². The average molecular weight is 426 g/mol. The van der Waals surface area contributed by atoms with E-state index in [0.29, 0.717) is 12.3 Å². The molecule has 1 heterocycles. The van der Waals surface area contributed by atoms with Crippen LogP contribution in [0, 0.1) is 0 Å². The Morgan fingerprint density at radius 1 is 0.857 bits per heavy atom. The number of nitrogens with zero attached hydrogens (tertiary/aromatic N) is 2. The molecule has 1 aliphatic heterocycles. The van der Waals surface area contributed by atoms with E-state index in [-0.39, 0.29) is 24.8 Å². The van der Waals surface area contributed by atoms with Gasteiger partial charge in [0.2, 0.25) is 5.91 Å². The van der Waals surface area contributed by atoms with Crippen LogP contribution in [0.15, 0.2) is 42.5 Å². The Balaban J connectivity index is 0.00000196. The van der Waals surface area contributed by atoms with Crippen LogP contribution in [-0.4, -0.2) is 48.4 Å². The molecule has 156 valence electrons. The fourth-order valence-corrected chi connectivity index (χ4v) is 3.76. The van der Waals surface area contributed by atoms with Crippen molar-refractivity contribution in [2.75, 3.05) is 32.7 Å². The van der Waals surface area contributed by atoms with Crippen LogP contribution in [-0.2, 0) is 11.3 Å². The van der Waals surface area contributed by atoms with E-state index < -0.39 is 0 Å². The molecule has 2 aromatic rings. The number of unbranched alkanes of at least 4 members (excludes halogenated alkanes) is 3. The van der Waals surface area contributed by atoms with E-state index in [1.54, 1.807) is 0 Å². The van der Waals surface area contributed by atoms with Gasteiger partial charge in [0.25, 0.3) is 0 Å². The van der Waals surface area contributed by atoms with Crippen LogP contribution in [0.4, 0.5) is 0 Å². The second kappa shape index (κ2) is 13.0. The number of hydrogen-bond donors (Lipinski definition) is 1. The number of nitrogens with two attached hydrogens (primary N) is 1. The maximum atomic E-state index is 12.4. The third-order valence-electron chi connectivity index (χ3n) is 5.34. The lowest BCUT2D eigenvalue weighted by Gasteiger charge is -2.35. The molecule has 1 saturated heterocycles. The largest absolute Gasteiger partial charge is 0.340 e. The monoisotopic (exact) mass is 425 g/mol. The van der Waals surface area contributed by atoms with Gasteiger partial charge in [0.05, 0.1) is 0 Å². The van der Waals surface area contributed by atoms with Crippen molar-refractivity contribution < 1.29 is 4.79 Å². The molecule has 4 nitrogen and oxygen atoms in total. The SMILES string of the molecule is Cl.Cl.NCCCCCCC(=O)N1CCN(Cc2cccc3ccccc23)CC1. The van der Waals surface area contributed by atoms with Gasteiger partial charge in [0, 0.05) is 39.1 Å². The zero-order valence-corrected chi connectivity index (χ0v) is 18.1. The van der Waals surface area contributed by atoms with E-state index in [2.05, 4.69) is 47.4 Å². The van der Waals surface area contributed by atoms with Crippen molar-refractivity contribution in [3.63, 3.8) is 0 Å². The van der Waals surface area contributed by atoms with Gasteiger partial charge in [-0.2, -0.15) is 0 Å². The zero-order valence-electron chi connectivity index (χ0n) is 16.5. The number of amides is 1.